The first-order valence-corrected chi connectivity index (χ1v) is 11.4. The van der Waals surface area contributed by atoms with Crippen LogP contribution in [0, 0.1) is 0 Å². The Bertz CT molecular complexity index is 1410. The summed E-state index contributed by atoms with van der Waals surface area (Å²) < 4.78 is 11.1. The van der Waals surface area contributed by atoms with Crippen LogP contribution in [0.15, 0.2) is 63.8 Å². The molecule has 4 N–H and O–H groups in total. The van der Waals surface area contributed by atoms with Crippen molar-refractivity contribution in [1.82, 2.24) is 10.3 Å². The monoisotopic (exact) mass is 480 g/mol. The lowest BCUT2D eigenvalue weighted by Crippen LogP contribution is -2.51. The minimum atomic E-state index is -0.854. The first-order valence-electron chi connectivity index (χ1n) is 11.0. The number of phenols is 1. The quantitative estimate of drug-likeness (QED) is 0.319. The number of ether oxygens (including phenoxy) is 1. The van der Waals surface area contributed by atoms with Gasteiger partial charge in [-0.15, -0.1) is 0 Å². The van der Waals surface area contributed by atoms with Crippen LogP contribution in [0.5, 0.6) is 5.75 Å². The van der Waals surface area contributed by atoms with Crippen molar-refractivity contribution in [3.05, 3.63) is 86.9 Å². The minimum absolute atomic E-state index is 0.0349. The van der Waals surface area contributed by atoms with E-state index < -0.39 is 6.10 Å². The van der Waals surface area contributed by atoms with Crippen LogP contribution in [0.25, 0.3) is 22.2 Å². The molecule has 5 rings (SSSR count). The minimum Gasteiger partial charge on any atom is -0.506 e. The summed E-state index contributed by atoms with van der Waals surface area (Å²) in [4.78, 5) is 14.3. The molecule has 7 nitrogen and oxygen atoms in total. The van der Waals surface area contributed by atoms with E-state index in [1.54, 1.807) is 25.3 Å². The fraction of sp³-hybridized carbons (Fsp3) is 0.269. The van der Waals surface area contributed by atoms with Crippen molar-refractivity contribution in [2.45, 2.75) is 24.5 Å². The molecule has 4 aromatic rings. The number of furan rings is 1. The number of aliphatic hydroxyl groups excluding tert-OH is 1. The Hall–Kier alpha value is -3.10. The number of pyridine rings is 1. The normalized spacial score (nSPS) is 18.3. The summed E-state index contributed by atoms with van der Waals surface area (Å²) in [5, 5.41) is 25.7. The van der Waals surface area contributed by atoms with Gasteiger partial charge >= 0.3 is 0 Å². The van der Waals surface area contributed by atoms with Crippen molar-refractivity contribution in [2.75, 3.05) is 20.3 Å². The molecule has 0 saturated heterocycles. The highest BCUT2D eigenvalue weighted by molar-refractivity contribution is 6.29. The zero-order valence-corrected chi connectivity index (χ0v) is 19.4. The molecule has 34 heavy (non-hydrogen) atoms. The number of benzene rings is 2. The van der Waals surface area contributed by atoms with Gasteiger partial charge in [0.1, 0.15) is 11.5 Å². The highest BCUT2D eigenvalue weighted by Crippen LogP contribution is 2.35. The van der Waals surface area contributed by atoms with Crippen LogP contribution in [0.4, 0.5) is 0 Å². The maximum absolute atomic E-state index is 11.7. The van der Waals surface area contributed by atoms with Gasteiger partial charge in [0.15, 0.2) is 5.22 Å². The number of methoxy groups -OCH3 is 1. The number of H-pyrrole nitrogens is 1. The number of β-amino-alcohol motifs (C(OH)–C–C–N with tert-alkyl or cyclic N) is 1. The molecule has 0 aliphatic heterocycles. The molecular formula is C26H25ClN2O5. The number of phenolic OH excluding ortho intramolecular Hbond substituents is 1. The average Bonchev–Trinajstić information content (AvgIpc) is 3.41. The van der Waals surface area contributed by atoms with Gasteiger partial charge in [-0.1, -0.05) is 18.2 Å². The van der Waals surface area contributed by atoms with E-state index in [1.165, 1.54) is 23.3 Å². The van der Waals surface area contributed by atoms with Crippen molar-refractivity contribution in [3.63, 3.8) is 0 Å². The van der Waals surface area contributed by atoms with Crippen LogP contribution in [0.1, 0.15) is 22.8 Å². The second-order valence-electron chi connectivity index (χ2n) is 8.84. The van der Waals surface area contributed by atoms with Crippen molar-refractivity contribution >= 4 is 22.5 Å². The van der Waals surface area contributed by atoms with E-state index in [0.717, 1.165) is 24.2 Å². The second-order valence-corrected chi connectivity index (χ2v) is 9.21. The van der Waals surface area contributed by atoms with E-state index in [1.807, 2.05) is 12.1 Å². The van der Waals surface area contributed by atoms with E-state index in [2.05, 4.69) is 22.4 Å². The first kappa shape index (κ1) is 22.7. The molecule has 0 fully saturated rings. The van der Waals surface area contributed by atoms with Crippen LogP contribution in [-0.2, 0) is 17.6 Å². The predicted molar refractivity (Wildman–Crippen MR) is 130 cm³/mol. The fourth-order valence-electron chi connectivity index (χ4n) is 4.90. The van der Waals surface area contributed by atoms with Gasteiger partial charge in [-0.3, -0.25) is 4.79 Å². The Morgan fingerprint density at radius 3 is 2.74 bits per heavy atom. The van der Waals surface area contributed by atoms with Crippen molar-refractivity contribution in [3.8, 4) is 17.1 Å². The summed E-state index contributed by atoms with van der Waals surface area (Å²) in [7, 11) is 1.67. The fourth-order valence-corrected chi connectivity index (χ4v) is 5.05. The van der Waals surface area contributed by atoms with E-state index >= 15 is 0 Å². The van der Waals surface area contributed by atoms with Gasteiger partial charge in [-0.05, 0) is 71.5 Å². The number of aliphatic hydroxyl groups is 1. The van der Waals surface area contributed by atoms with Crippen molar-refractivity contribution in [1.29, 1.82) is 0 Å². The molecule has 2 aromatic heterocycles. The van der Waals surface area contributed by atoms with Gasteiger partial charge in [-0.25, -0.2) is 0 Å². The maximum atomic E-state index is 11.7. The Labute approximate surface area is 201 Å². The summed E-state index contributed by atoms with van der Waals surface area (Å²) in [6.07, 6.45) is 0.632. The average molecular weight is 481 g/mol. The van der Waals surface area contributed by atoms with Gasteiger partial charge in [-0.2, -0.15) is 0 Å². The zero-order chi connectivity index (χ0) is 23.9. The Balaban J connectivity index is 1.37. The molecule has 2 heterocycles. The second kappa shape index (κ2) is 8.92. The highest BCUT2D eigenvalue weighted by atomic mass is 35.5. The largest absolute Gasteiger partial charge is 0.506 e. The van der Waals surface area contributed by atoms with Crippen LogP contribution in [0.2, 0.25) is 5.22 Å². The smallest absolute Gasteiger partial charge is 0.248 e. The zero-order valence-electron chi connectivity index (χ0n) is 18.6. The summed E-state index contributed by atoms with van der Waals surface area (Å²) in [5.74, 6) is 0.685. The molecule has 0 saturated carbocycles. The number of rotatable bonds is 7. The highest BCUT2D eigenvalue weighted by Gasteiger charge is 2.37. The topological polar surface area (TPSA) is 108 Å². The van der Waals surface area contributed by atoms with Gasteiger partial charge in [0.25, 0.3) is 0 Å². The number of hydrogen-bond acceptors (Lipinski definition) is 6. The lowest BCUT2D eigenvalue weighted by atomic mass is 9.95. The van der Waals surface area contributed by atoms with Crippen molar-refractivity contribution < 1.29 is 19.4 Å². The van der Waals surface area contributed by atoms with E-state index in [-0.39, 0.29) is 23.4 Å². The van der Waals surface area contributed by atoms with Crippen LogP contribution in [0.3, 0.4) is 0 Å². The summed E-state index contributed by atoms with van der Waals surface area (Å²) in [6.45, 7) is 0.747. The molecule has 8 heteroatoms. The standard InChI is InChI=1S/C26H25ClN2O5/c1-33-14-26(11-16-3-2-15(10-17(16)12-26)22-7-8-23(27)34-22)28-13-21(31)18-4-6-20(30)25-19(18)5-9-24(32)29-25/h2-10,21,28,30-31H,11-14H2,1H3,(H,29,32)/t21-,26?/m0/s1. The molecular weight excluding hydrogens is 456 g/mol. The predicted octanol–water partition coefficient (Wildman–Crippen LogP) is 3.95. The number of hydrogen-bond donors (Lipinski definition) is 4. The number of aromatic hydroxyl groups is 1. The third-order valence-electron chi connectivity index (χ3n) is 6.48. The molecule has 0 bridgehead atoms. The van der Waals surface area contributed by atoms with Crippen LogP contribution < -0.4 is 10.9 Å². The van der Waals surface area contributed by atoms with E-state index in [0.29, 0.717) is 28.3 Å². The van der Waals surface area contributed by atoms with Gasteiger partial charge in [0.05, 0.1) is 18.2 Å². The molecule has 2 atom stereocenters. The SMILES string of the molecule is COCC1(NC[C@H](O)c2ccc(O)c3[nH]c(=O)ccc23)Cc2ccc(-c3ccc(Cl)o3)cc2C1. The Morgan fingerprint density at radius 1 is 1.15 bits per heavy atom. The van der Waals surface area contributed by atoms with Gasteiger partial charge in [0.2, 0.25) is 5.56 Å². The summed E-state index contributed by atoms with van der Waals surface area (Å²) in [6, 6.07) is 16.0. The van der Waals surface area contributed by atoms with E-state index in [4.69, 9.17) is 20.8 Å². The number of halogens is 1. The van der Waals surface area contributed by atoms with Gasteiger partial charge < -0.3 is 29.7 Å². The maximum Gasteiger partial charge on any atom is 0.248 e. The van der Waals surface area contributed by atoms with Crippen LogP contribution >= 0.6 is 11.6 Å². The summed E-state index contributed by atoms with van der Waals surface area (Å²) >= 11 is 5.94. The first-order chi connectivity index (χ1) is 16.4. The molecule has 0 spiro atoms. The molecule has 1 aliphatic carbocycles. The lowest BCUT2D eigenvalue weighted by Gasteiger charge is -2.31. The molecule has 0 radical (unpaired) electrons. The summed E-state index contributed by atoms with van der Waals surface area (Å²) in [5.41, 5.74) is 3.62. The molecule has 176 valence electrons. The van der Waals surface area contributed by atoms with Crippen LogP contribution in [-0.4, -0.2) is 41.0 Å². The molecule has 1 aliphatic rings. The number of aromatic nitrogens is 1. The molecule has 2 aromatic carbocycles. The lowest BCUT2D eigenvalue weighted by molar-refractivity contribution is 0.0949. The Morgan fingerprint density at radius 2 is 1.97 bits per heavy atom. The third-order valence-corrected chi connectivity index (χ3v) is 6.68. The third kappa shape index (κ3) is 4.23. The molecule has 1 unspecified atom stereocenters. The number of aromatic amines is 1. The molecule has 0 amide bonds. The van der Waals surface area contributed by atoms with E-state index in [9.17, 15) is 15.0 Å². The van der Waals surface area contributed by atoms with Gasteiger partial charge in [0, 0.05) is 36.2 Å². The Kier molecular flexibility index (Phi) is 5.95. The number of nitrogens with one attached hydrogen (secondary N) is 2. The number of fused-ring (bicyclic) bond motifs is 2. The van der Waals surface area contributed by atoms with Crippen molar-refractivity contribution in [2.24, 2.45) is 0 Å².